The van der Waals surface area contributed by atoms with Crippen LogP contribution in [0.25, 0.3) is 22.1 Å². The number of hydrogen-bond donors (Lipinski definition) is 2. The Hall–Kier alpha value is -3.41. The van der Waals surface area contributed by atoms with Crippen LogP contribution in [0.5, 0.6) is 0 Å². The van der Waals surface area contributed by atoms with Crippen LogP contribution in [0.15, 0.2) is 67.5 Å². The lowest BCUT2D eigenvalue weighted by molar-refractivity contribution is 0.917. The van der Waals surface area contributed by atoms with E-state index < -0.39 is 0 Å². The van der Waals surface area contributed by atoms with Crippen molar-refractivity contribution >= 4 is 27.9 Å². The molecule has 0 saturated heterocycles. The summed E-state index contributed by atoms with van der Waals surface area (Å²) in [7, 11) is 0. The van der Waals surface area contributed by atoms with Crippen molar-refractivity contribution in [1.29, 1.82) is 0 Å². The van der Waals surface area contributed by atoms with E-state index in [1.165, 1.54) is 0 Å². The first kappa shape index (κ1) is 13.3. The quantitative estimate of drug-likeness (QED) is 0.567. The normalized spacial score (nSPS) is 10.8. The van der Waals surface area contributed by atoms with Crippen molar-refractivity contribution in [1.82, 2.24) is 25.2 Å². The molecule has 112 valence electrons. The van der Waals surface area contributed by atoms with E-state index in [0.29, 0.717) is 5.82 Å². The average molecular weight is 302 g/mol. The van der Waals surface area contributed by atoms with Gasteiger partial charge in [-0.15, -0.1) is 15.3 Å². The number of anilines is 1. The lowest BCUT2D eigenvalue weighted by atomic mass is 10.2. The highest BCUT2D eigenvalue weighted by Crippen LogP contribution is 2.23. The maximum absolute atomic E-state index is 4.51. The van der Waals surface area contributed by atoms with Crippen LogP contribution in [0.1, 0.15) is 5.56 Å². The first-order valence-corrected chi connectivity index (χ1v) is 7.18. The van der Waals surface area contributed by atoms with Crippen LogP contribution >= 0.6 is 0 Å². The Morgan fingerprint density at radius 2 is 1.70 bits per heavy atom. The van der Waals surface area contributed by atoms with Gasteiger partial charge in [-0.05, 0) is 5.56 Å². The van der Waals surface area contributed by atoms with Gasteiger partial charge in [0, 0.05) is 10.8 Å². The molecule has 0 radical (unpaired) electrons. The number of nitrogens with zero attached hydrogens (tertiary/aromatic N) is 4. The molecule has 4 aromatic rings. The van der Waals surface area contributed by atoms with E-state index in [1.54, 1.807) is 10.8 Å². The van der Waals surface area contributed by atoms with Crippen LogP contribution in [0.3, 0.4) is 0 Å². The lowest BCUT2D eigenvalue weighted by Crippen LogP contribution is -2.21. The van der Waals surface area contributed by atoms with Crippen LogP contribution in [0.4, 0.5) is 5.82 Å². The van der Waals surface area contributed by atoms with Gasteiger partial charge in [0.2, 0.25) is 0 Å². The van der Waals surface area contributed by atoms with Gasteiger partial charge in [-0.25, -0.2) is 0 Å². The molecule has 2 heterocycles. The van der Waals surface area contributed by atoms with Gasteiger partial charge < -0.3 is 0 Å². The van der Waals surface area contributed by atoms with Crippen molar-refractivity contribution in [3.63, 3.8) is 0 Å². The summed E-state index contributed by atoms with van der Waals surface area (Å²) in [5.41, 5.74) is 8.74. The van der Waals surface area contributed by atoms with Crippen molar-refractivity contribution in [3.05, 3.63) is 73.1 Å². The zero-order chi connectivity index (χ0) is 15.6. The lowest BCUT2D eigenvalue weighted by Gasteiger charge is -2.13. The Labute approximate surface area is 132 Å². The van der Waals surface area contributed by atoms with Crippen molar-refractivity contribution in [3.8, 4) is 0 Å². The van der Waals surface area contributed by atoms with Crippen LogP contribution in [-0.4, -0.2) is 19.8 Å². The first-order chi connectivity index (χ1) is 11.3. The van der Waals surface area contributed by atoms with E-state index in [2.05, 4.69) is 32.7 Å². The second-order valence-electron chi connectivity index (χ2n) is 5.09. The molecule has 2 N–H and O–H groups in total. The molecule has 0 atom stereocenters. The zero-order valence-electron chi connectivity index (χ0n) is 12.3. The smallest absolute Gasteiger partial charge is 0.185 e. The largest absolute Gasteiger partial charge is 0.300 e. The van der Waals surface area contributed by atoms with Gasteiger partial charge >= 0.3 is 0 Å². The highest BCUT2D eigenvalue weighted by atomic mass is 15.4. The molecule has 0 aliphatic carbocycles. The minimum absolute atomic E-state index is 0.685. The third kappa shape index (κ3) is 2.36. The molecule has 2 aromatic heterocycles. The predicted octanol–water partition coefficient (Wildman–Crippen LogP) is 2.86. The van der Waals surface area contributed by atoms with E-state index in [-0.39, 0.29) is 0 Å². The fourth-order valence-corrected chi connectivity index (χ4v) is 2.47. The summed E-state index contributed by atoms with van der Waals surface area (Å²) >= 11 is 0. The highest BCUT2D eigenvalue weighted by Gasteiger charge is 2.09. The molecule has 4 rings (SSSR count). The van der Waals surface area contributed by atoms with Crippen LogP contribution in [-0.2, 0) is 0 Å². The van der Waals surface area contributed by atoms with Gasteiger partial charge in [-0.3, -0.25) is 10.9 Å². The second kappa shape index (κ2) is 5.42. The molecule has 2 aromatic carbocycles. The molecule has 0 unspecified atom stereocenters. The molecule has 23 heavy (non-hydrogen) atoms. The van der Waals surface area contributed by atoms with Gasteiger partial charge in [0.25, 0.3) is 0 Å². The van der Waals surface area contributed by atoms with Crippen molar-refractivity contribution in [2.24, 2.45) is 0 Å². The third-order valence-electron chi connectivity index (χ3n) is 3.62. The van der Waals surface area contributed by atoms with Crippen molar-refractivity contribution in [2.75, 3.05) is 5.43 Å². The van der Waals surface area contributed by atoms with Gasteiger partial charge in [0.05, 0.1) is 5.70 Å². The Bertz CT molecular complexity index is 990. The molecule has 0 aliphatic heterocycles. The van der Waals surface area contributed by atoms with Gasteiger partial charge in [-0.1, -0.05) is 61.2 Å². The third-order valence-corrected chi connectivity index (χ3v) is 3.62. The zero-order valence-corrected chi connectivity index (χ0v) is 12.3. The molecule has 6 nitrogen and oxygen atoms in total. The maximum atomic E-state index is 4.51. The summed E-state index contributed by atoms with van der Waals surface area (Å²) in [5, 5.41) is 14.5. The van der Waals surface area contributed by atoms with E-state index in [9.17, 15) is 0 Å². The van der Waals surface area contributed by atoms with Crippen molar-refractivity contribution in [2.45, 2.75) is 0 Å². The Morgan fingerprint density at radius 1 is 0.957 bits per heavy atom. The maximum Gasteiger partial charge on any atom is 0.185 e. The average Bonchev–Trinajstić information content (AvgIpc) is 3.09. The fraction of sp³-hybridized carbons (Fsp3) is 0. The van der Waals surface area contributed by atoms with Crippen LogP contribution < -0.4 is 10.9 Å². The number of benzene rings is 2. The summed E-state index contributed by atoms with van der Waals surface area (Å²) < 4.78 is 1.65. The molecule has 6 heteroatoms. The summed E-state index contributed by atoms with van der Waals surface area (Å²) in [4.78, 5) is 0. The minimum atomic E-state index is 0.685. The van der Waals surface area contributed by atoms with Gasteiger partial charge in [0.15, 0.2) is 11.5 Å². The SMILES string of the molecule is C=C(NNc1nn2cnnc2c2ccccc12)c1ccccc1. The highest BCUT2D eigenvalue weighted by molar-refractivity contribution is 5.99. The molecule has 0 saturated carbocycles. The Morgan fingerprint density at radius 3 is 2.52 bits per heavy atom. The molecule has 0 amide bonds. The number of hydrogen-bond acceptors (Lipinski definition) is 5. The molecule has 0 bridgehead atoms. The topological polar surface area (TPSA) is 67.1 Å². The van der Waals surface area contributed by atoms with E-state index in [4.69, 9.17) is 0 Å². The number of rotatable bonds is 4. The summed E-state index contributed by atoms with van der Waals surface area (Å²) in [6.07, 6.45) is 1.58. The molecule has 0 spiro atoms. The van der Waals surface area contributed by atoms with E-state index in [0.717, 1.165) is 27.7 Å². The Balaban J connectivity index is 1.69. The predicted molar refractivity (Wildman–Crippen MR) is 90.5 cm³/mol. The molecule has 0 fully saturated rings. The Kier molecular flexibility index (Phi) is 3.12. The monoisotopic (exact) mass is 302 g/mol. The summed E-state index contributed by atoms with van der Waals surface area (Å²) in [5.74, 6) is 0.685. The first-order valence-electron chi connectivity index (χ1n) is 7.18. The number of nitrogens with one attached hydrogen (secondary N) is 2. The molecule has 0 aliphatic rings. The number of aromatic nitrogens is 4. The van der Waals surface area contributed by atoms with Crippen LogP contribution in [0.2, 0.25) is 0 Å². The standard InChI is InChI=1S/C17H14N6/c1-12(13-7-3-2-4-8-13)19-20-16-14-9-5-6-10-15(14)17-21-18-11-23(17)22-16/h2-11,19H,1H2,(H,20,22). The minimum Gasteiger partial charge on any atom is -0.300 e. The van der Waals surface area contributed by atoms with Gasteiger partial charge in [-0.2, -0.15) is 4.52 Å². The number of hydrazine groups is 1. The van der Waals surface area contributed by atoms with E-state index >= 15 is 0 Å². The number of fused-ring (bicyclic) bond motifs is 3. The van der Waals surface area contributed by atoms with E-state index in [1.807, 2.05) is 54.6 Å². The molecular formula is C17H14N6. The summed E-state index contributed by atoms with van der Waals surface area (Å²) in [6, 6.07) is 17.8. The molecular weight excluding hydrogens is 288 g/mol. The van der Waals surface area contributed by atoms with Crippen molar-refractivity contribution < 1.29 is 0 Å². The van der Waals surface area contributed by atoms with Gasteiger partial charge in [0.1, 0.15) is 6.33 Å². The summed E-state index contributed by atoms with van der Waals surface area (Å²) in [6.45, 7) is 4.04. The fourth-order valence-electron chi connectivity index (χ4n) is 2.47. The van der Waals surface area contributed by atoms with Crippen LogP contribution in [0, 0.1) is 0 Å². The second-order valence-corrected chi connectivity index (χ2v) is 5.09.